The first-order valence-corrected chi connectivity index (χ1v) is 5.80. The van der Waals surface area contributed by atoms with Gasteiger partial charge in [0.15, 0.2) is 0 Å². The predicted molar refractivity (Wildman–Crippen MR) is 60.6 cm³/mol. The van der Waals surface area contributed by atoms with Gasteiger partial charge in [0.1, 0.15) is 0 Å². The molecule has 0 saturated carbocycles. The standard InChI is InChI=1S/C11H12F3NOS/c12-11(13,14)4-6-16-8-10-9(2-1-5-15)3-7-17-10/h3,7H,4-6,8,15H2. The van der Waals surface area contributed by atoms with Gasteiger partial charge in [0.25, 0.3) is 0 Å². The lowest BCUT2D eigenvalue weighted by Crippen LogP contribution is -2.11. The monoisotopic (exact) mass is 263 g/mol. The molecule has 94 valence electrons. The van der Waals surface area contributed by atoms with Gasteiger partial charge < -0.3 is 10.5 Å². The summed E-state index contributed by atoms with van der Waals surface area (Å²) in [6.45, 7) is 0.0811. The number of halogens is 3. The molecule has 6 heteroatoms. The molecule has 0 saturated heterocycles. The number of alkyl halides is 3. The fourth-order valence-corrected chi connectivity index (χ4v) is 1.83. The molecule has 0 aliphatic carbocycles. The molecular weight excluding hydrogens is 251 g/mol. The van der Waals surface area contributed by atoms with Gasteiger partial charge in [-0.15, -0.1) is 11.3 Å². The minimum Gasteiger partial charge on any atom is -0.376 e. The van der Waals surface area contributed by atoms with Gasteiger partial charge in [-0.1, -0.05) is 11.8 Å². The Morgan fingerprint density at radius 1 is 1.41 bits per heavy atom. The molecule has 17 heavy (non-hydrogen) atoms. The summed E-state index contributed by atoms with van der Waals surface area (Å²) in [6.07, 6.45) is -5.10. The van der Waals surface area contributed by atoms with E-state index in [-0.39, 0.29) is 19.8 Å². The molecule has 0 atom stereocenters. The third-order valence-corrected chi connectivity index (χ3v) is 2.73. The normalized spacial score (nSPS) is 11.1. The van der Waals surface area contributed by atoms with Crippen molar-refractivity contribution in [3.63, 3.8) is 0 Å². The van der Waals surface area contributed by atoms with Crippen LogP contribution in [0.1, 0.15) is 16.9 Å². The van der Waals surface area contributed by atoms with E-state index < -0.39 is 12.6 Å². The topological polar surface area (TPSA) is 35.2 Å². The van der Waals surface area contributed by atoms with Gasteiger partial charge in [0.2, 0.25) is 0 Å². The fraction of sp³-hybridized carbons (Fsp3) is 0.455. The van der Waals surface area contributed by atoms with Gasteiger partial charge in [-0.2, -0.15) is 13.2 Å². The van der Waals surface area contributed by atoms with E-state index in [9.17, 15) is 13.2 Å². The number of nitrogens with two attached hydrogens (primary N) is 1. The molecule has 2 N–H and O–H groups in total. The van der Waals surface area contributed by atoms with Gasteiger partial charge in [0, 0.05) is 10.4 Å². The molecule has 0 aromatic carbocycles. The van der Waals surface area contributed by atoms with Crippen molar-refractivity contribution in [1.29, 1.82) is 0 Å². The molecule has 0 fully saturated rings. The molecule has 1 heterocycles. The lowest BCUT2D eigenvalue weighted by molar-refractivity contribution is -0.145. The highest BCUT2D eigenvalue weighted by Gasteiger charge is 2.26. The second-order valence-electron chi connectivity index (χ2n) is 3.18. The van der Waals surface area contributed by atoms with E-state index in [1.54, 1.807) is 6.07 Å². The lowest BCUT2D eigenvalue weighted by atomic mass is 10.2. The van der Waals surface area contributed by atoms with Crippen molar-refractivity contribution in [3.8, 4) is 11.8 Å². The van der Waals surface area contributed by atoms with Crippen molar-refractivity contribution in [2.24, 2.45) is 5.73 Å². The van der Waals surface area contributed by atoms with Crippen LogP contribution in [-0.2, 0) is 11.3 Å². The molecule has 0 amide bonds. The summed E-state index contributed by atoms with van der Waals surface area (Å²) in [4.78, 5) is 0.827. The zero-order chi connectivity index (χ0) is 12.7. The molecule has 0 radical (unpaired) electrons. The van der Waals surface area contributed by atoms with Gasteiger partial charge in [-0.3, -0.25) is 0 Å². The average Bonchev–Trinajstić information content (AvgIpc) is 2.67. The first kappa shape index (κ1) is 14.0. The quantitative estimate of drug-likeness (QED) is 0.669. The maximum absolute atomic E-state index is 11.9. The van der Waals surface area contributed by atoms with Crippen molar-refractivity contribution in [1.82, 2.24) is 0 Å². The zero-order valence-corrected chi connectivity index (χ0v) is 9.83. The lowest BCUT2D eigenvalue weighted by Gasteiger charge is -2.06. The Bertz CT molecular complexity index is 403. The third-order valence-electron chi connectivity index (χ3n) is 1.83. The van der Waals surface area contributed by atoms with E-state index in [2.05, 4.69) is 11.8 Å². The van der Waals surface area contributed by atoms with Crippen LogP contribution in [0, 0.1) is 11.8 Å². The molecule has 0 bridgehead atoms. The third kappa shape index (κ3) is 5.73. The second kappa shape index (κ2) is 6.64. The minimum atomic E-state index is -4.17. The Labute approximate surface area is 102 Å². The average molecular weight is 263 g/mol. The summed E-state index contributed by atoms with van der Waals surface area (Å²) in [5.74, 6) is 5.54. The highest BCUT2D eigenvalue weighted by molar-refractivity contribution is 7.10. The van der Waals surface area contributed by atoms with Gasteiger partial charge in [-0.25, -0.2) is 0 Å². The van der Waals surface area contributed by atoms with Gasteiger partial charge in [0.05, 0.1) is 26.2 Å². The largest absolute Gasteiger partial charge is 0.391 e. The van der Waals surface area contributed by atoms with Crippen molar-refractivity contribution in [2.45, 2.75) is 19.2 Å². The number of ether oxygens (including phenoxy) is 1. The summed E-state index contributed by atoms with van der Waals surface area (Å²) in [5, 5.41) is 1.82. The van der Waals surface area contributed by atoms with E-state index in [0.29, 0.717) is 0 Å². The number of thiophene rings is 1. The summed E-state index contributed by atoms with van der Waals surface area (Å²) < 4.78 is 40.5. The van der Waals surface area contributed by atoms with Crippen molar-refractivity contribution < 1.29 is 17.9 Å². The molecule has 0 spiro atoms. The minimum absolute atomic E-state index is 0.155. The molecule has 1 aromatic rings. The zero-order valence-electron chi connectivity index (χ0n) is 9.01. The van der Waals surface area contributed by atoms with E-state index in [1.807, 2.05) is 5.38 Å². The van der Waals surface area contributed by atoms with E-state index in [4.69, 9.17) is 10.5 Å². The van der Waals surface area contributed by atoms with E-state index >= 15 is 0 Å². The molecular formula is C11H12F3NOS. The Morgan fingerprint density at radius 3 is 2.82 bits per heavy atom. The summed E-state index contributed by atoms with van der Waals surface area (Å²) in [5.41, 5.74) is 6.01. The van der Waals surface area contributed by atoms with Gasteiger partial charge in [-0.05, 0) is 11.4 Å². The Morgan fingerprint density at radius 2 is 2.18 bits per heavy atom. The van der Waals surface area contributed by atoms with Crippen molar-refractivity contribution in [3.05, 3.63) is 21.9 Å². The fourth-order valence-electron chi connectivity index (χ4n) is 1.06. The van der Waals surface area contributed by atoms with Crippen LogP contribution in [-0.4, -0.2) is 19.3 Å². The predicted octanol–water partition coefficient (Wildman–Crippen LogP) is 2.53. The Balaban J connectivity index is 2.39. The first-order valence-electron chi connectivity index (χ1n) is 4.93. The number of rotatable bonds is 4. The highest BCUT2D eigenvalue weighted by atomic mass is 32.1. The van der Waals surface area contributed by atoms with Crippen LogP contribution >= 0.6 is 11.3 Å². The molecule has 0 unspecified atom stereocenters. The Hall–Kier alpha value is -1.03. The van der Waals surface area contributed by atoms with E-state index in [1.165, 1.54) is 11.3 Å². The van der Waals surface area contributed by atoms with Crippen LogP contribution in [0.2, 0.25) is 0 Å². The number of hydrogen-bond acceptors (Lipinski definition) is 3. The Kier molecular flexibility index (Phi) is 5.48. The molecule has 0 aliphatic rings. The van der Waals surface area contributed by atoms with E-state index in [0.717, 1.165) is 10.4 Å². The highest BCUT2D eigenvalue weighted by Crippen LogP contribution is 2.21. The molecule has 0 aliphatic heterocycles. The summed E-state index contributed by atoms with van der Waals surface area (Å²) >= 11 is 1.41. The summed E-state index contributed by atoms with van der Waals surface area (Å²) in [7, 11) is 0. The SMILES string of the molecule is NCC#Cc1ccsc1COCCC(F)(F)F. The van der Waals surface area contributed by atoms with Crippen LogP contribution in [0.4, 0.5) is 13.2 Å². The van der Waals surface area contributed by atoms with Crippen LogP contribution in [0.3, 0.4) is 0 Å². The van der Waals surface area contributed by atoms with Crippen LogP contribution < -0.4 is 5.73 Å². The number of hydrogen-bond donors (Lipinski definition) is 1. The molecule has 1 rings (SSSR count). The van der Waals surface area contributed by atoms with Crippen LogP contribution in [0.25, 0.3) is 0 Å². The van der Waals surface area contributed by atoms with Crippen LogP contribution in [0.5, 0.6) is 0 Å². The van der Waals surface area contributed by atoms with Crippen molar-refractivity contribution in [2.75, 3.05) is 13.2 Å². The maximum atomic E-state index is 11.9. The smallest absolute Gasteiger partial charge is 0.376 e. The summed E-state index contributed by atoms with van der Waals surface area (Å²) in [6, 6.07) is 1.80. The van der Waals surface area contributed by atoms with Crippen LogP contribution in [0.15, 0.2) is 11.4 Å². The van der Waals surface area contributed by atoms with Crippen molar-refractivity contribution >= 4 is 11.3 Å². The molecule has 2 nitrogen and oxygen atoms in total. The van der Waals surface area contributed by atoms with Gasteiger partial charge >= 0.3 is 6.18 Å². The molecule has 1 aromatic heterocycles. The first-order chi connectivity index (χ1) is 8.03. The maximum Gasteiger partial charge on any atom is 0.391 e. The second-order valence-corrected chi connectivity index (χ2v) is 4.18.